The molecule has 1 fully saturated rings. The first-order valence-corrected chi connectivity index (χ1v) is 13.4. The number of nitrogens with zero attached hydrogens (tertiary/aromatic N) is 1. The highest BCUT2D eigenvalue weighted by Crippen LogP contribution is 2.21. The van der Waals surface area contributed by atoms with Gasteiger partial charge in [0, 0.05) is 24.0 Å². The normalized spacial score (nSPS) is 14.5. The first-order chi connectivity index (χ1) is 18.0. The van der Waals surface area contributed by atoms with E-state index in [1.165, 1.54) is 6.42 Å². The molecule has 0 radical (unpaired) electrons. The second kappa shape index (κ2) is 13.3. The van der Waals surface area contributed by atoms with Gasteiger partial charge in [-0.25, -0.2) is 0 Å². The van der Waals surface area contributed by atoms with E-state index in [0.29, 0.717) is 17.2 Å². The van der Waals surface area contributed by atoms with E-state index in [9.17, 15) is 9.59 Å². The van der Waals surface area contributed by atoms with Gasteiger partial charge in [0.15, 0.2) is 6.61 Å². The van der Waals surface area contributed by atoms with E-state index in [1.54, 1.807) is 11.0 Å². The number of hydrogen-bond acceptors (Lipinski definition) is 3. The van der Waals surface area contributed by atoms with E-state index in [1.807, 2.05) is 79.7 Å². The standard InChI is InChI=1S/C31H35ClN2O3/c1-23-10-8-17-28(18-23)37-22-30(35)34(21-25-13-9-14-26(32)19-25)29(20-24-11-4-2-5-12-24)31(36)33-27-15-6-3-7-16-27/h2,4-5,8-14,17-19,27,29H,3,6-7,15-16,20-22H2,1H3,(H,33,36)/t29-/m0/s1. The topological polar surface area (TPSA) is 58.6 Å². The summed E-state index contributed by atoms with van der Waals surface area (Å²) in [5, 5.41) is 3.84. The Morgan fingerprint density at radius 2 is 1.68 bits per heavy atom. The zero-order valence-corrected chi connectivity index (χ0v) is 22.1. The zero-order chi connectivity index (χ0) is 26.0. The molecule has 0 aliphatic heterocycles. The number of halogens is 1. The number of carbonyl (C=O) groups excluding carboxylic acids is 2. The van der Waals surface area contributed by atoms with Gasteiger partial charge in [-0.2, -0.15) is 0 Å². The Bertz CT molecular complexity index is 1180. The summed E-state index contributed by atoms with van der Waals surface area (Å²) in [6.07, 6.45) is 5.80. The van der Waals surface area contributed by atoms with Crippen molar-refractivity contribution in [1.29, 1.82) is 0 Å². The predicted octanol–water partition coefficient (Wildman–Crippen LogP) is 6.12. The Morgan fingerprint density at radius 3 is 2.41 bits per heavy atom. The summed E-state index contributed by atoms with van der Waals surface area (Å²) >= 11 is 6.26. The van der Waals surface area contributed by atoms with Crippen molar-refractivity contribution in [3.05, 3.63) is 101 Å². The zero-order valence-electron chi connectivity index (χ0n) is 21.4. The summed E-state index contributed by atoms with van der Waals surface area (Å²) in [4.78, 5) is 29.1. The molecule has 37 heavy (non-hydrogen) atoms. The Kier molecular flexibility index (Phi) is 9.61. The molecule has 5 nitrogen and oxygen atoms in total. The van der Waals surface area contributed by atoms with Crippen molar-refractivity contribution >= 4 is 23.4 Å². The van der Waals surface area contributed by atoms with Crippen molar-refractivity contribution < 1.29 is 14.3 Å². The Morgan fingerprint density at radius 1 is 0.946 bits per heavy atom. The number of nitrogens with one attached hydrogen (secondary N) is 1. The lowest BCUT2D eigenvalue weighted by molar-refractivity contribution is -0.143. The molecule has 0 spiro atoms. The fraction of sp³-hybridized carbons (Fsp3) is 0.355. The number of hydrogen-bond donors (Lipinski definition) is 1. The summed E-state index contributed by atoms with van der Waals surface area (Å²) in [6.45, 7) is 2.07. The molecule has 3 aromatic rings. The van der Waals surface area contributed by atoms with Gasteiger partial charge in [-0.05, 0) is 60.7 Å². The van der Waals surface area contributed by atoms with Crippen LogP contribution < -0.4 is 10.1 Å². The maximum Gasteiger partial charge on any atom is 0.261 e. The molecule has 3 aromatic carbocycles. The number of benzene rings is 3. The summed E-state index contributed by atoms with van der Waals surface area (Å²) in [7, 11) is 0. The highest BCUT2D eigenvalue weighted by atomic mass is 35.5. The van der Waals surface area contributed by atoms with Crippen molar-refractivity contribution in [1.82, 2.24) is 10.2 Å². The molecule has 0 aromatic heterocycles. The van der Waals surface area contributed by atoms with Gasteiger partial charge in [-0.15, -0.1) is 0 Å². The van der Waals surface area contributed by atoms with E-state index >= 15 is 0 Å². The third-order valence-corrected chi connectivity index (χ3v) is 7.05. The number of rotatable bonds is 10. The van der Waals surface area contributed by atoms with E-state index < -0.39 is 6.04 Å². The minimum absolute atomic E-state index is 0.123. The summed E-state index contributed by atoms with van der Waals surface area (Å²) in [6, 6.07) is 24.3. The highest BCUT2D eigenvalue weighted by molar-refractivity contribution is 6.30. The molecule has 6 heteroatoms. The average molecular weight is 519 g/mol. The summed E-state index contributed by atoms with van der Waals surface area (Å²) < 4.78 is 5.87. The van der Waals surface area contributed by atoms with Crippen molar-refractivity contribution in [2.24, 2.45) is 0 Å². The molecule has 1 saturated carbocycles. The maximum absolute atomic E-state index is 13.8. The van der Waals surface area contributed by atoms with Crippen LogP contribution in [0, 0.1) is 6.92 Å². The van der Waals surface area contributed by atoms with Crippen LogP contribution in [-0.2, 0) is 22.6 Å². The van der Waals surface area contributed by atoms with E-state index in [0.717, 1.165) is 42.4 Å². The number of carbonyl (C=O) groups is 2. The second-order valence-corrected chi connectivity index (χ2v) is 10.2. The van der Waals surface area contributed by atoms with Crippen LogP contribution >= 0.6 is 11.6 Å². The smallest absolute Gasteiger partial charge is 0.261 e. The van der Waals surface area contributed by atoms with Gasteiger partial charge in [0.25, 0.3) is 5.91 Å². The number of ether oxygens (including phenoxy) is 1. The summed E-state index contributed by atoms with van der Waals surface area (Å²) in [5.74, 6) is 0.255. The molecular weight excluding hydrogens is 484 g/mol. The van der Waals surface area contributed by atoms with Gasteiger partial charge < -0.3 is 15.0 Å². The van der Waals surface area contributed by atoms with Crippen LogP contribution in [0.1, 0.15) is 48.8 Å². The molecule has 1 N–H and O–H groups in total. The molecule has 1 aliphatic carbocycles. The van der Waals surface area contributed by atoms with Gasteiger partial charge in [-0.3, -0.25) is 9.59 Å². The largest absolute Gasteiger partial charge is 0.484 e. The lowest BCUT2D eigenvalue weighted by Crippen LogP contribution is -2.53. The molecule has 1 aliphatic rings. The van der Waals surface area contributed by atoms with Crippen LogP contribution in [0.4, 0.5) is 0 Å². The average Bonchev–Trinajstić information content (AvgIpc) is 2.90. The van der Waals surface area contributed by atoms with Crippen molar-refractivity contribution in [3.63, 3.8) is 0 Å². The molecule has 0 heterocycles. The number of amides is 2. The predicted molar refractivity (Wildman–Crippen MR) is 148 cm³/mol. The lowest BCUT2D eigenvalue weighted by atomic mass is 9.94. The fourth-order valence-electron chi connectivity index (χ4n) is 4.86. The van der Waals surface area contributed by atoms with Crippen LogP contribution in [0.5, 0.6) is 5.75 Å². The fourth-order valence-corrected chi connectivity index (χ4v) is 5.08. The monoisotopic (exact) mass is 518 g/mol. The summed E-state index contributed by atoms with van der Waals surface area (Å²) in [5.41, 5.74) is 2.91. The molecule has 0 unspecified atom stereocenters. The third kappa shape index (κ3) is 8.09. The van der Waals surface area contributed by atoms with Gasteiger partial charge in [0.2, 0.25) is 5.91 Å². The SMILES string of the molecule is Cc1cccc(OCC(=O)N(Cc2cccc(Cl)c2)[C@@H](Cc2ccccc2)C(=O)NC2CCCCC2)c1. The van der Waals surface area contributed by atoms with Crippen LogP contribution in [0.25, 0.3) is 0 Å². The first-order valence-electron chi connectivity index (χ1n) is 13.1. The Labute approximate surface area is 224 Å². The van der Waals surface area contributed by atoms with Gasteiger partial charge in [0.05, 0.1) is 0 Å². The second-order valence-electron chi connectivity index (χ2n) is 9.81. The third-order valence-electron chi connectivity index (χ3n) is 6.82. The van der Waals surface area contributed by atoms with Crippen LogP contribution in [0.3, 0.4) is 0 Å². The first kappa shape index (κ1) is 26.7. The van der Waals surface area contributed by atoms with Crippen LogP contribution in [0.15, 0.2) is 78.9 Å². The van der Waals surface area contributed by atoms with Crippen molar-refractivity contribution in [2.45, 2.75) is 64.1 Å². The molecule has 2 amide bonds. The molecule has 0 saturated heterocycles. The number of aryl methyl sites for hydroxylation is 1. The van der Waals surface area contributed by atoms with Crippen molar-refractivity contribution in [3.8, 4) is 5.75 Å². The molecule has 4 rings (SSSR count). The molecule has 194 valence electrons. The Hall–Kier alpha value is -3.31. The van der Waals surface area contributed by atoms with E-state index in [-0.39, 0.29) is 31.0 Å². The van der Waals surface area contributed by atoms with Crippen LogP contribution in [-0.4, -0.2) is 35.4 Å². The van der Waals surface area contributed by atoms with Gasteiger partial charge >= 0.3 is 0 Å². The molecule has 0 bridgehead atoms. The minimum Gasteiger partial charge on any atom is -0.484 e. The maximum atomic E-state index is 13.8. The minimum atomic E-state index is -0.683. The van der Waals surface area contributed by atoms with E-state index in [4.69, 9.17) is 16.3 Å². The van der Waals surface area contributed by atoms with E-state index in [2.05, 4.69) is 5.32 Å². The van der Waals surface area contributed by atoms with Gasteiger partial charge in [-0.1, -0.05) is 85.5 Å². The molecular formula is C31H35ClN2O3. The van der Waals surface area contributed by atoms with Crippen molar-refractivity contribution in [2.75, 3.05) is 6.61 Å². The van der Waals surface area contributed by atoms with Gasteiger partial charge in [0.1, 0.15) is 11.8 Å². The lowest BCUT2D eigenvalue weighted by Gasteiger charge is -2.33. The highest BCUT2D eigenvalue weighted by Gasteiger charge is 2.32. The molecule has 1 atom stereocenters. The Balaban J connectivity index is 1.61. The quantitative estimate of drug-likeness (QED) is 0.352. The van der Waals surface area contributed by atoms with Crippen LogP contribution in [0.2, 0.25) is 5.02 Å².